The quantitative estimate of drug-likeness (QED) is 0.555. The molecule has 1 amide bonds. The second-order valence-corrected chi connectivity index (χ2v) is 6.13. The smallest absolute Gasteiger partial charge is 0.210 e. The molecule has 0 aliphatic heterocycles. The molecule has 1 aliphatic carbocycles. The third-order valence-corrected chi connectivity index (χ3v) is 4.32. The van der Waals surface area contributed by atoms with Crippen LogP contribution in [0, 0.1) is 0 Å². The van der Waals surface area contributed by atoms with Gasteiger partial charge in [0.15, 0.2) is 0 Å². The molecule has 2 aromatic rings. The number of rotatable bonds is 8. The number of hydrogen-bond donors (Lipinski definition) is 0. The molecule has 0 unspecified atom stereocenters. The number of carbonyl (C=O) groups excluding carboxylic acids is 1. The highest BCUT2D eigenvalue weighted by Gasteiger charge is 2.28. The van der Waals surface area contributed by atoms with Gasteiger partial charge < -0.3 is 14.2 Å². The Morgan fingerprint density at radius 2 is 2.36 bits per heavy atom. The molecule has 5 nitrogen and oxygen atoms in total. The fraction of sp³-hybridized carbons (Fsp3) is 0.500. The van der Waals surface area contributed by atoms with E-state index >= 15 is 0 Å². The van der Waals surface area contributed by atoms with Crippen molar-refractivity contribution < 1.29 is 9.53 Å². The summed E-state index contributed by atoms with van der Waals surface area (Å²) in [5.74, 6) is 0. The monoisotopic (exact) mass is 321 g/mol. The van der Waals surface area contributed by atoms with Crippen LogP contribution in [0.4, 0.5) is 0 Å². The molecule has 2 heterocycles. The van der Waals surface area contributed by atoms with Crippen molar-refractivity contribution in [3.63, 3.8) is 0 Å². The van der Waals surface area contributed by atoms with Gasteiger partial charge in [-0.3, -0.25) is 9.78 Å². The van der Waals surface area contributed by atoms with Gasteiger partial charge in [-0.2, -0.15) is 0 Å². The van der Waals surface area contributed by atoms with Crippen LogP contribution in [0.1, 0.15) is 25.0 Å². The first-order valence-corrected chi connectivity index (χ1v) is 7.94. The van der Waals surface area contributed by atoms with Crippen LogP contribution in [-0.2, 0) is 22.6 Å². The Morgan fingerprint density at radius 1 is 1.55 bits per heavy atom. The second-order valence-electron chi connectivity index (χ2n) is 5.72. The first kappa shape index (κ1) is 15.3. The maximum absolute atomic E-state index is 11.2. The lowest BCUT2D eigenvalue weighted by atomic mass is 10.2. The number of aryl methyl sites for hydroxylation is 1. The molecule has 0 N–H and O–H groups in total. The lowest BCUT2D eigenvalue weighted by molar-refractivity contribution is -0.119. The number of amides is 1. The zero-order valence-corrected chi connectivity index (χ0v) is 13.4. The van der Waals surface area contributed by atoms with E-state index < -0.39 is 0 Å². The van der Waals surface area contributed by atoms with Crippen LogP contribution in [-0.4, -0.2) is 40.6 Å². The largest absolute Gasteiger partial charge is 0.385 e. The molecule has 118 valence electrons. The summed E-state index contributed by atoms with van der Waals surface area (Å²) in [7, 11) is 1.70. The maximum Gasteiger partial charge on any atom is 0.210 e. The van der Waals surface area contributed by atoms with Gasteiger partial charge in [0, 0.05) is 44.1 Å². The molecule has 2 aromatic heterocycles. The number of nitrogens with zero attached hydrogens (tertiary/aromatic N) is 3. The molecule has 1 aliphatic rings. The first-order valence-electron chi connectivity index (χ1n) is 7.56. The molecule has 3 rings (SSSR count). The zero-order chi connectivity index (χ0) is 15.5. The number of carbonyl (C=O) groups is 1. The van der Waals surface area contributed by atoms with Gasteiger partial charge in [-0.1, -0.05) is 11.6 Å². The van der Waals surface area contributed by atoms with Crippen LogP contribution in [0.3, 0.4) is 0 Å². The second kappa shape index (κ2) is 6.67. The normalized spacial score (nSPS) is 14.5. The van der Waals surface area contributed by atoms with E-state index in [2.05, 4.69) is 9.55 Å². The average Bonchev–Trinajstić information content (AvgIpc) is 3.32. The average molecular weight is 322 g/mol. The Bertz CT molecular complexity index is 667. The summed E-state index contributed by atoms with van der Waals surface area (Å²) >= 11 is 6.28. The predicted molar refractivity (Wildman–Crippen MR) is 85.9 cm³/mol. The number of aromatic nitrogens is 2. The van der Waals surface area contributed by atoms with Gasteiger partial charge in [0.1, 0.15) is 0 Å². The van der Waals surface area contributed by atoms with Crippen molar-refractivity contribution in [3.8, 4) is 0 Å². The Balaban J connectivity index is 1.83. The van der Waals surface area contributed by atoms with Gasteiger partial charge in [-0.25, -0.2) is 0 Å². The molecule has 0 saturated heterocycles. The number of halogens is 1. The van der Waals surface area contributed by atoms with E-state index in [1.54, 1.807) is 13.3 Å². The summed E-state index contributed by atoms with van der Waals surface area (Å²) in [6.07, 6.45) is 7.78. The summed E-state index contributed by atoms with van der Waals surface area (Å²) in [4.78, 5) is 17.4. The highest BCUT2D eigenvalue weighted by molar-refractivity contribution is 6.35. The minimum Gasteiger partial charge on any atom is -0.385 e. The van der Waals surface area contributed by atoms with Gasteiger partial charge in [0.05, 0.1) is 22.8 Å². The van der Waals surface area contributed by atoms with E-state index in [-0.39, 0.29) is 0 Å². The molecular weight excluding hydrogens is 302 g/mol. The van der Waals surface area contributed by atoms with Crippen LogP contribution >= 0.6 is 11.6 Å². The van der Waals surface area contributed by atoms with Crippen LogP contribution in [0.25, 0.3) is 10.9 Å². The number of fused-ring (bicyclic) bond motifs is 1. The van der Waals surface area contributed by atoms with Gasteiger partial charge in [0.25, 0.3) is 0 Å². The molecule has 0 bridgehead atoms. The van der Waals surface area contributed by atoms with E-state index in [1.807, 2.05) is 17.2 Å². The van der Waals surface area contributed by atoms with Crippen molar-refractivity contribution in [2.24, 2.45) is 0 Å². The zero-order valence-electron chi connectivity index (χ0n) is 12.7. The first-order chi connectivity index (χ1) is 10.7. The molecule has 1 saturated carbocycles. The van der Waals surface area contributed by atoms with Crippen LogP contribution in [0.5, 0.6) is 0 Å². The summed E-state index contributed by atoms with van der Waals surface area (Å²) in [5.41, 5.74) is 1.96. The molecular formula is C16H20ClN3O2. The van der Waals surface area contributed by atoms with Gasteiger partial charge in [-0.05, 0) is 25.3 Å². The Labute approximate surface area is 134 Å². The number of ether oxygens (including phenoxy) is 1. The summed E-state index contributed by atoms with van der Waals surface area (Å²) in [6.45, 7) is 2.13. The number of hydrogen-bond acceptors (Lipinski definition) is 3. The summed E-state index contributed by atoms with van der Waals surface area (Å²) < 4.78 is 7.23. The summed E-state index contributed by atoms with van der Waals surface area (Å²) in [6, 6.07) is 2.43. The van der Waals surface area contributed by atoms with Gasteiger partial charge in [0.2, 0.25) is 6.41 Å². The number of methoxy groups -OCH3 is 1. The van der Waals surface area contributed by atoms with Crippen molar-refractivity contribution >= 4 is 28.9 Å². The Kier molecular flexibility index (Phi) is 4.64. The predicted octanol–water partition coefficient (Wildman–Crippen LogP) is 2.85. The highest BCUT2D eigenvalue weighted by Crippen LogP contribution is 2.29. The van der Waals surface area contributed by atoms with Crippen molar-refractivity contribution in [3.05, 3.63) is 29.2 Å². The third-order valence-electron chi connectivity index (χ3n) is 4.02. The van der Waals surface area contributed by atoms with Gasteiger partial charge in [-0.15, -0.1) is 0 Å². The number of pyridine rings is 1. The van der Waals surface area contributed by atoms with Crippen LogP contribution in [0.2, 0.25) is 5.02 Å². The minimum atomic E-state index is 0.395. The molecule has 22 heavy (non-hydrogen) atoms. The highest BCUT2D eigenvalue weighted by atomic mass is 35.5. The van der Waals surface area contributed by atoms with Crippen molar-refractivity contribution in [2.75, 3.05) is 13.7 Å². The van der Waals surface area contributed by atoms with Crippen LogP contribution < -0.4 is 0 Å². The minimum absolute atomic E-state index is 0.395. The van der Waals surface area contributed by atoms with Crippen molar-refractivity contribution in [1.29, 1.82) is 0 Å². The molecule has 0 aromatic carbocycles. The summed E-state index contributed by atoms with van der Waals surface area (Å²) in [5, 5.41) is 1.66. The molecule has 6 heteroatoms. The third kappa shape index (κ3) is 3.25. The van der Waals surface area contributed by atoms with E-state index in [0.717, 1.165) is 55.4 Å². The molecule has 0 atom stereocenters. The fourth-order valence-electron chi connectivity index (χ4n) is 2.68. The fourth-order valence-corrected chi connectivity index (χ4v) is 2.94. The Hall–Kier alpha value is -1.59. The topological polar surface area (TPSA) is 47.4 Å². The lowest BCUT2D eigenvalue weighted by Crippen LogP contribution is -2.24. The molecule has 0 radical (unpaired) electrons. The maximum atomic E-state index is 11.2. The standard InChI is InChI=1S/C16H20ClN3O2/c1-22-6-2-5-19-10-15(17)14-8-18-12(7-16(14)19)9-20(11-21)13-3-4-13/h7-8,10-11,13H,2-6,9H2,1H3. The lowest BCUT2D eigenvalue weighted by Gasteiger charge is -2.16. The van der Waals surface area contributed by atoms with E-state index in [1.165, 1.54) is 0 Å². The Morgan fingerprint density at radius 3 is 3.05 bits per heavy atom. The molecule has 1 fully saturated rings. The molecule has 0 spiro atoms. The van der Waals surface area contributed by atoms with E-state index in [0.29, 0.717) is 17.6 Å². The van der Waals surface area contributed by atoms with Crippen molar-refractivity contribution in [2.45, 2.75) is 38.4 Å². The SMILES string of the molecule is COCCCn1cc(Cl)c2cnc(CN(C=O)C3CC3)cc21. The van der Waals surface area contributed by atoms with Crippen molar-refractivity contribution in [1.82, 2.24) is 14.5 Å². The van der Waals surface area contributed by atoms with E-state index in [4.69, 9.17) is 16.3 Å². The van der Waals surface area contributed by atoms with E-state index in [9.17, 15) is 4.79 Å². The van der Waals surface area contributed by atoms with Crippen LogP contribution in [0.15, 0.2) is 18.5 Å². The van der Waals surface area contributed by atoms with Gasteiger partial charge >= 0.3 is 0 Å².